The molecule has 1 aliphatic rings. The zero-order valence-corrected chi connectivity index (χ0v) is 17.6. The molecule has 156 valence electrons. The van der Waals surface area contributed by atoms with E-state index in [1.807, 2.05) is 45.9 Å². The first-order valence-electron chi connectivity index (χ1n) is 9.41. The maximum Gasteiger partial charge on any atom is 0.410 e. The number of urea groups is 1. The van der Waals surface area contributed by atoms with Gasteiger partial charge in [-0.2, -0.15) is 0 Å². The molecular weight excluding hydrogens is 362 g/mol. The number of likely N-dealkylation sites (tertiary alicyclic amines) is 1. The molecule has 1 aromatic rings. The fourth-order valence-electron chi connectivity index (χ4n) is 2.97. The van der Waals surface area contributed by atoms with Gasteiger partial charge in [0.25, 0.3) is 0 Å². The molecule has 1 saturated heterocycles. The minimum Gasteiger partial charge on any atom is -0.493 e. The molecule has 28 heavy (non-hydrogen) atoms. The van der Waals surface area contributed by atoms with Crippen molar-refractivity contribution in [2.75, 3.05) is 33.9 Å². The summed E-state index contributed by atoms with van der Waals surface area (Å²) in [6.07, 6.45) is -0.342. The summed E-state index contributed by atoms with van der Waals surface area (Å²) in [7, 11) is 3.16. The predicted molar refractivity (Wildman–Crippen MR) is 106 cm³/mol. The quantitative estimate of drug-likeness (QED) is 0.804. The summed E-state index contributed by atoms with van der Waals surface area (Å²) >= 11 is 0. The fourth-order valence-corrected chi connectivity index (χ4v) is 2.97. The van der Waals surface area contributed by atoms with Gasteiger partial charge in [-0.05, 0) is 45.4 Å². The van der Waals surface area contributed by atoms with E-state index in [2.05, 4.69) is 5.32 Å². The summed E-state index contributed by atoms with van der Waals surface area (Å²) in [5.41, 5.74) is 0.384. The third-order valence-corrected chi connectivity index (χ3v) is 4.45. The number of hydrogen-bond donors (Lipinski definition) is 1. The second-order valence-corrected chi connectivity index (χ2v) is 7.67. The normalized spacial score (nSPS) is 14.1. The molecule has 8 heteroatoms. The van der Waals surface area contributed by atoms with Crippen molar-refractivity contribution in [1.82, 2.24) is 15.1 Å². The van der Waals surface area contributed by atoms with Crippen LogP contribution in [0.25, 0.3) is 0 Å². The molecule has 0 aliphatic carbocycles. The molecule has 1 aliphatic heterocycles. The van der Waals surface area contributed by atoms with Crippen LogP contribution in [0.4, 0.5) is 9.59 Å². The van der Waals surface area contributed by atoms with Crippen molar-refractivity contribution in [2.24, 2.45) is 0 Å². The van der Waals surface area contributed by atoms with Gasteiger partial charge in [0.05, 0.1) is 20.3 Å². The van der Waals surface area contributed by atoms with Crippen molar-refractivity contribution >= 4 is 12.1 Å². The van der Waals surface area contributed by atoms with Crippen LogP contribution in [0.1, 0.15) is 33.3 Å². The number of ether oxygens (including phenoxy) is 3. The lowest BCUT2D eigenvalue weighted by Crippen LogP contribution is -2.64. The molecule has 1 N–H and O–H groups in total. The molecule has 8 nitrogen and oxygen atoms in total. The van der Waals surface area contributed by atoms with Crippen LogP contribution in [0.5, 0.6) is 11.5 Å². The molecular formula is C20H31N3O5. The Bertz CT molecular complexity index is 696. The van der Waals surface area contributed by atoms with Gasteiger partial charge in [0.1, 0.15) is 5.60 Å². The lowest BCUT2D eigenvalue weighted by atomic mass is 10.1. The van der Waals surface area contributed by atoms with E-state index in [1.54, 1.807) is 24.0 Å². The largest absolute Gasteiger partial charge is 0.493 e. The van der Waals surface area contributed by atoms with E-state index in [0.717, 1.165) is 5.56 Å². The summed E-state index contributed by atoms with van der Waals surface area (Å²) in [4.78, 5) is 28.0. The van der Waals surface area contributed by atoms with Gasteiger partial charge in [-0.25, -0.2) is 9.59 Å². The Morgan fingerprint density at radius 1 is 1.18 bits per heavy atom. The number of nitrogens with zero attached hydrogens (tertiary/aromatic N) is 2. The number of carbonyl (C=O) groups excluding carboxylic acids is 2. The SMILES string of the molecule is CCN(C(=O)NCc1ccc(OC)c(OC)c1)C1CN(C(=O)OC(C)(C)C)C1. The fraction of sp³-hybridized carbons (Fsp3) is 0.600. The number of methoxy groups -OCH3 is 2. The Labute approximate surface area is 166 Å². The van der Waals surface area contributed by atoms with Crippen LogP contribution in [0.2, 0.25) is 0 Å². The number of likely N-dealkylation sites (N-methyl/N-ethyl adjacent to an activating group) is 1. The lowest BCUT2D eigenvalue weighted by molar-refractivity contribution is -0.00799. The van der Waals surface area contributed by atoms with Gasteiger partial charge in [0.2, 0.25) is 0 Å². The second-order valence-electron chi connectivity index (χ2n) is 7.67. The van der Waals surface area contributed by atoms with Crippen molar-refractivity contribution in [1.29, 1.82) is 0 Å². The lowest BCUT2D eigenvalue weighted by Gasteiger charge is -2.44. The van der Waals surface area contributed by atoms with Crippen molar-refractivity contribution in [3.05, 3.63) is 23.8 Å². The first kappa shape index (κ1) is 21.7. The first-order chi connectivity index (χ1) is 13.2. The Kier molecular flexibility index (Phi) is 6.99. The standard InChI is InChI=1S/C20H31N3O5/c1-7-23(15-12-22(13-15)19(25)28-20(2,3)4)18(24)21-11-14-8-9-16(26-5)17(10-14)27-6/h8-10,15H,7,11-13H2,1-6H3,(H,21,24). The van der Waals surface area contributed by atoms with E-state index >= 15 is 0 Å². The zero-order chi connectivity index (χ0) is 20.9. The maximum absolute atomic E-state index is 12.6. The average Bonchev–Trinajstić information content (AvgIpc) is 2.60. The Balaban J connectivity index is 1.87. The Hall–Kier alpha value is -2.64. The number of hydrogen-bond acceptors (Lipinski definition) is 5. The Morgan fingerprint density at radius 3 is 2.36 bits per heavy atom. The first-order valence-corrected chi connectivity index (χ1v) is 9.41. The van der Waals surface area contributed by atoms with Gasteiger partial charge in [-0.15, -0.1) is 0 Å². The van der Waals surface area contributed by atoms with E-state index in [9.17, 15) is 9.59 Å². The highest BCUT2D eigenvalue weighted by Gasteiger charge is 2.38. The molecule has 2 rings (SSSR count). The van der Waals surface area contributed by atoms with Crippen LogP contribution < -0.4 is 14.8 Å². The molecule has 0 radical (unpaired) electrons. The van der Waals surface area contributed by atoms with Crippen LogP contribution in [-0.2, 0) is 11.3 Å². The zero-order valence-electron chi connectivity index (χ0n) is 17.6. The van der Waals surface area contributed by atoms with Crippen molar-refractivity contribution < 1.29 is 23.8 Å². The average molecular weight is 393 g/mol. The highest BCUT2D eigenvalue weighted by molar-refractivity contribution is 5.75. The highest BCUT2D eigenvalue weighted by Crippen LogP contribution is 2.27. The smallest absolute Gasteiger partial charge is 0.410 e. The highest BCUT2D eigenvalue weighted by atomic mass is 16.6. The molecule has 3 amide bonds. The summed E-state index contributed by atoms with van der Waals surface area (Å²) in [6, 6.07) is 5.35. The molecule has 0 saturated carbocycles. The summed E-state index contributed by atoms with van der Waals surface area (Å²) in [5, 5.41) is 2.93. The van der Waals surface area contributed by atoms with Crippen molar-refractivity contribution in [2.45, 2.75) is 45.9 Å². The van der Waals surface area contributed by atoms with Gasteiger partial charge in [-0.1, -0.05) is 6.07 Å². The van der Waals surface area contributed by atoms with E-state index in [1.165, 1.54) is 0 Å². The van der Waals surface area contributed by atoms with Crippen LogP contribution in [0.3, 0.4) is 0 Å². The predicted octanol–water partition coefficient (Wildman–Crippen LogP) is 2.85. The van der Waals surface area contributed by atoms with Crippen LogP contribution >= 0.6 is 0 Å². The molecule has 1 aromatic carbocycles. The van der Waals surface area contributed by atoms with E-state index in [0.29, 0.717) is 37.7 Å². The minimum atomic E-state index is -0.524. The minimum absolute atomic E-state index is 0.0112. The monoisotopic (exact) mass is 393 g/mol. The van der Waals surface area contributed by atoms with E-state index in [-0.39, 0.29) is 18.2 Å². The number of amides is 3. The number of benzene rings is 1. The third kappa shape index (κ3) is 5.43. The van der Waals surface area contributed by atoms with Crippen LogP contribution in [-0.4, -0.2) is 67.4 Å². The maximum atomic E-state index is 12.6. The molecule has 1 heterocycles. The summed E-state index contributed by atoms with van der Waals surface area (Å²) in [6.45, 7) is 9.32. The number of nitrogens with one attached hydrogen (secondary N) is 1. The van der Waals surface area contributed by atoms with Gasteiger partial charge >= 0.3 is 12.1 Å². The van der Waals surface area contributed by atoms with Crippen molar-refractivity contribution in [3.63, 3.8) is 0 Å². The van der Waals surface area contributed by atoms with Gasteiger partial charge in [0, 0.05) is 26.2 Å². The summed E-state index contributed by atoms with van der Waals surface area (Å²) < 4.78 is 15.9. The van der Waals surface area contributed by atoms with Gasteiger partial charge < -0.3 is 29.3 Å². The van der Waals surface area contributed by atoms with Crippen molar-refractivity contribution in [3.8, 4) is 11.5 Å². The van der Waals surface area contributed by atoms with Crippen LogP contribution in [0, 0.1) is 0 Å². The molecule has 0 spiro atoms. The molecule has 1 fully saturated rings. The molecule has 0 atom stereocenters. The van der Waals surface area contributed by atoms with Gasteiger partial charge in [-0.3, -0.25) is 0 Å². The van der Waals surface area contributed by atoms with Crippen LogP contribution in [0.15, 0.2) is 18.2 Å². The molecule has 0 bridgehead atoms. The topological polar surface area (TPSA) is 80.3 Å². The number of carbonyl (C=O) groups is 2. The number of rotatable bonds is 6. The summed E-state index contributed by atoms with van der Waals surface area (Å²) in [5.74, 6) is 1.26. The van der Waals surface area contributed by atoms with E-state index < -0.39 is 5.60 Å². The van der Waals surface area contributed by atoms with E-state index in [4.69, 9.17) is 14.2 Å². The molecule has 0 unspecified atom stereocenters. The Morgan fingerprint density at radius 2 is 1.82 bits per heavy atom. The second kappa shape index (κ2) is 9.03. The van der Waals surface area contributed by atoms with Gasteiger partial charge in [0.15, 0.2) is 11.5 Å². The molecule has 0 aromatic heterocycles. The third-order valence-electron chi connectivity index (χ3n) is 4.45.